The summed E-state index contributed by atoms with van der Waals surface area (Å²) >= 11 is 0. The molecule has 0 aromatic carbocycles. The van der Waals surface area contributed by atoms with Gasteiger partial charge in [-0.25, -0.2) is 0 Å². The van der Waals surface area contributed by atoms with Crippen LogP contribution in [0.25, 0.3) is 0 Å². The van der Waals surface area contributed by atoms with E-state index >= 15 is 0 Å². The maximum Gasteiger partial charge on any atom is -0.0388 e. The Bertz CT molecular complexity index is 520. The minimum Gasteiger partial charge on any atom is -0.0625 e. The highest BCUT2D eigenvalue weighted by atomic mass is 14.4. The van der Waals surface area contributed by atoms with E-state index < -0.39 is 0 Å². The highest BCUT2D eigenvalue weighted by molar-refractivity contribution is 4.84. The third-order valence-electron chi connectivity index (χ3n) is 11.5. The summed E-state index contributed by atoms with van der Waals surface area (Å²) < 4.78 is 0. The first kappa shape index (κ1) is 25.1. The second-order valence-electron chi connectivity index (χ2n) is 14.1. The summed E-state index contributed by atoms with van der Waals surface area (Å²) in [4.78, 5) is 0. The Morgan fingerprint density at radius 3 is 1.53 bits per heavy atom. The predicted molar refractivity (Wildman–Crippen MR) is 141 cm³/mol. The summed E-state index contributed by atoms with van der Waals surface area (Å²) in [5, 5.41) is 0. The average Bonchev–Trinajstić information content (AvgIpc) is 2.78. The van der Waals surface area contributed by atoms with E-state index in [9.17, 15) is 0 Å². The molecule has 0 amide bonds. The molecule has 4 saturated carbocycles. The third-order valence-corrected chi connectivity index (χ3v) is 11.5. The van der Waals surface area contributed by atoms with Crippen molar-refractivity contribution in [3.8, 4) is 0 Å². The van der Waals surface area contributed by atoms with Crippen LogP contribution in [-0.2, 0) is 0 Å². The summed E-state index contributed by atoms with van der Waals surface area (Å²) in [5.74, 6) is 10.4. The Hall–Kier alpha value is 0. The van der Waals surface area contributed by atoms with Crippen molar-refractivity contribution in [2.75, 3.05) is 0 Å². The van der Waals surface area contributed by atoms with E-state index in [2.05, 4.69) is 27.7 Å². The van der Waals surface area contributed by atoms with Gasteiger partial charge in [-0.1, -0.05) is 105 Å². The lowest BCUT2D eigenvalue weighted by molar-refractivity contribution is 0.123. The topological polar surface area (TPSA) is 0 Å². The van der Waals surface area contributed by atoms with Crippen molar-refractivity contribution >= 4 is 0 Å². The Kier molecular flexibility index (Phi) is 9.50. The molecule has 0 radical (unpaired) electrons. The van der Waals surface area contributed by atoms with E-state index in [-0.39, 0.29) is 0 Å². The molecule has 0 aliphatic heterocycles. The number of rotatable bonds is 7. The van der Waals surface area contributed by atoms with E-state index in [1.807, 2.05) is 0 Å². The molecular weight excluding hydrogens is 384 g/mol. The third kappa shape index (κ3) is 7.25. The highest BCUT2D eigenvalue weighted by Gasteiger charge is 2.32. The van der Waals surface area contributed by atoms with E-state index in [0.29, 0.717) is 0 Å². The molecule has 6 unspecified atom stereocenters. The first-order valence-electron chi connectivity index (χ1n) is 15.5. The van der Waals surface area contributed by atoms with E-state index in [1.54, 1.807) is 83.5 Å². The first-order chi connectivity index (χ1) is 15.5. The van der Waals surface area contributed by atoms with Crippen LogP contribution >= 0.6 is 0 Å². The molecule has 6 atom stereocenters. The summed E-state index contributed by atoms with van der Waals surface area (Å²) in [6, 6.07) is 0. The fraction of sp³-hybridized carbons (Fsp3) is 1.00. The van der Waals surface area contributed by atoms with E-state index in [4.69, 9.17) is 0 Å². The van der Waals surface area contributed by atoms with Crippen molar-refractivity contribution in [3.63, 3.8) is 0 Å². The Balaban J connectivity index is 1.09. The van der Waals surface area contributed by atoms with Crippen molar-refractivity contribution in [2.45, 2.75) is 143 Å². The maximum absolute atomic E-state index is 2.62. The molecule has 32 heavy (non-hydrogen) atoms. The van der Waals surface area contributed by atoms with Gasteiger partial charge in [0.05, 0.1) is 0 Å². The summed E-state index contributed by atoms with van der Waals surface area (Å²) in [6.07, 6.45) is 27.9. The number of hydrogen-bond donors (Lipinski definition) is 0. The van der Waals surface area contributed by atoms with Crippen LogP contribution in [0.5, 0.6) is 0 Å². The second-order valence-corrected chi connectivity index (χ2v) is 14.1. The molecular formula is C32H58. The van der Waals surface area contributed by atoms with Crippen LogP contribution in [-0.4, -0.2) is 0 Å². The van der Waals surface area contributed by atoms with E-state index in [1.165, 1.54) is 32.1 Å². The molecule has 4 aliphatic carbocycles. The molecule has 0 spiro atoms. The SMILES string of the molecule is CC1CCC(CC2CCC(CCC3CCC(CC4CCC(C)C(C)C4)CC3C)CC2)CC1. The van der Waals surface area contributed by atoms with Crippen LogP contribution in [0.4, 0.5) is 0 Å². The molecule has 0 aromatic rings. The van der Waals surface area contributed by atoms with Crippen LogP contribution in [0.3, 0.4) is 0 Å². The fourth-order valence-electron chi connectivity index (χ4n) is 8.80. The minimum atomic E-state index is 0.976. The molecule has 0 heteroatoms. The van der Waals surface area contributed by atoms with Crippen molar-refractivity contribution < 1.29 is 0 Å². The quantitative estimate of drug-likeness (QED) is 0.368. The number of hydrogen-bond acceptors (Lipinski definition) is 0. The standard InChI is InChI=1S/C32H58/c1-23-5-8-28(9-6-23)21-29-13-11-27(12-14-29)15-17-32-18-16-31(20-26(32)4)22-30-10-7-24(2)25(3)19-30/h23-32H,5-22H2,1-4H3. The van der Waals surface area contributed by atoms with Gasteiger partial charge in [-0.05, 0) is 97.7 Å². The zero-order valence-electron chi connectivity index (χ0n) is 22.5. The normalized spacial score (nSPS) is 46.1. The van der Waals surface area contributed by atoms with Gasteiger partial charge in [0.2, 0.25) is 0 Å². The largest absolute Gasteiger partial charge is 0.0625 e. The summed E-state index contributed by atoms with van der Waals surface area (Å²) in [5.41, 5.74) is 0. The lowest BCUT2D eigenvalue weighted by atomic mass is 9.67. The highest BCUT2D eigenvalue weighted by Crippen LogP contribution is 2.44. The fourth-order valence-corrected chi connectivity index (χ4v) is 8.80. The van der Waals surface area contributed by atoms with Crippen LogP contribution in [0, 0.1) is 59.2 Å². The molecule has 0 bridgehead atoms. The van der Waals surface area contributed by atoms with E-state index in [0.717, 1.165) is 59.2 Å². The van der Waals surface area contributed by atoms with Gasteiger partial charge in [0.15, 0.2) is 0 Å². The van der Waals surface area contributed by atoms with Gasteiger partial charge in [-0.2, -0.15) is 0 Å². The second kappa shape index (κ2) is 12.1. The molecule has 4 rings (SSSR count). The minimum absolute atomic E-state index is 0.976. The van der Waals surface area contributed by atoms with Crippen molar-refractivity contribution in [3.05, 3.63) is 0 Å². The Morgan fingerprint density at radius 2 is 0.906 bits per heavy atom. The average molecular weight is 443 g/mol. The Morgan fingerprint density at radius 1 is 0.406 bits per heavy atom. The smallest absolute Gasteiger partial charge is 0.0388 e. The molecule has 0 nitrogen and oxygen atoms in total. The van der Waals surface area contributed by atoms with Crippen LogP contribution in [0.15, 0.2) is 0 Å². The lowest BCUT2D eigenvalue weighted by Gasteiger charge is -2.39. The molecule has 0 saturated heterocycles. The van der Waals surface area contributed by atoms with Crippen LogP contribution in [0.2, 0.25) is 0 Å². The predicted octanol–water partition coefficient (Wildman–Crippen LogP) is 10.3. The van der Waals surface area contributed by atoms with Crippen molar-refractivity contribution in [1.82, 2.24) is 0 Å². The summed E-state index contributed by atoms with van der Waals surface area (Å²) in [6.45, 7) is 10.1. The molecule has 0 aromatic heterocycles. The van der Waals surface area contributed by atoms with Crippen LogP contribution in [0.1, 0.15) is 143 Å². The Labute approximate surface area is 202 Å². The molecule has 0 N–H and O–H groups in total. The van der Waals surface area contributed by atoms with Gasteiger partial charge in [-0.15, -0.1) is 0 Å². The van der Waals surface area contributed by atoms with Gasteiger partial charge >= 0.3 is 0 Å². The first-order valence-corrected chi connectivity index (χ1v) is 15.5. The molecule has 186 valence electrons. The molecule has 4 fully saturated rings. The maximum atomic E-state index is 2.62. The van der Waals surface area contributed by atoms with Gasteiger partial charge in [-0.3, -0.25) is 0 Å². The molecule has 0 heterocycles. The van der Waals surface area contributed by atoms with Crippen molar-refractivity contribution in [1.29, 1.82) is 0 Å². The monoisotopic (exact) mass is 442 g/mol. The lowest BCUT2D eigenvalue weighted by Crippen LogP contribution is -2.27. The van der Waals surface area contributed by atoms with Gasteiger partial charge in [0, 0.05) is 0 Å². The zero-order valence-corrected chi connectivity index (χ0v) is 22.5. The van der Waals surface area contributed by atoms with Crippen LogP contribution < -0.4 is 0 Å². The van der Waals surface area contributed by atoms with Crippen molar-refractivity contribution in [2.24, 2.45) is 59.2 Å². The summed E-state index contributed by atoms with van der Waals surface area (Å²) in [7, 11) is 0. The van der Waals surface area contributed by atoms with Gasteiger partial charge in [0.1, 0.15) is 0 Å². The van der Waals surface area contributed by atoms with Gasteiger partial charge < -0.3 is 0 Å². The molecule has 4 aliphatic rings. The zero-order chi connectivity index (χ0) is 22.5. The van der Waals surface area contributed by atoms with Gasteiger partial charge in [0.25, 0.3) is 0 Å².